The molecule has 1 unspecified atom stereocenters. The molecule has 2 heterocycles. The zero-order valence-corrected chi connectivity index (χ0v) is 19.6. The van der Waals surface area contributed by atoms with E-state index in [9.17, 15) is 4.79 Å². The lowest BCUT2D eigenvalue weighted by atomic mass is 10.1. The summed E-state index contributed by atoms with van der Waals surface area (Å²) >= 11 is 0. The largest absolute Gasteiger partial charge is 0.497 e. The van der Waals surface area contributed by atoms with Crippen molar-refractivity contribution in [2.75, 3.05) is 58.5 Å². The minimum atomic E-state index is -0.184. The molecule has 0 saturated carbocycles. The third-order valence-electron chi connectivity index (χ3n) is 5.97. The first-order valence-corrected chi connectivity index (χ1v) is 11.4. The molecule has 3 aromatic rings. The molecular weight excluding hydrogens is 434 g/mol. The molecule has 0 spiro atoms. The fourth-order valence-corrected chi connectivity index (χ4v) is 4.08. The molecule has 0 bridgehead atoms. The van der Waals surface area contributed by atoms with Crippen LogP contribution in [0, 0.1) is 0 Å². The summed E-state index contributed by atoms with van der Waals surface area (Å²) in [5.74, 6) is 2.78. The number of anilines is 1. The zero-order chi connectivity index (χ0) is 23.8. The number of methoxy groups -OCH3 is 2. The predicted octanol–water partition coefficient (Wildman–Crippen LogP) is 3.36. The van der Waals surface area contributed by atoms with Crippen LogP contribution in [0.2, 0.25) is 0 Å². The minimum absolute atomic E-state index is 0.0474. The molecule has 4 rings (SSSR count). The number of nitrogens with zero attached hydrogens (tertiary/aromatic N) is 2. The number of carbonyl (C=O) groups excluding carboxylic acids is 1. The third kappa shape index (κ3) is 6.02. The van der Waals surface area contributed by atoms with Crippen molar-refractivity contribution >= 4 is 11.6 Å². The molecular formula is C26H31N3O5. The average molecular weight is 466 g/mol. The van der Waals surface area contributed by atoms with Gasteiger partial charge in [0.1, 0.15) is 23.0 Å². The van der Waals surface area contributed by atoms with E-state index >= 15 is 0 Å². The second-order valence-electron chi connectivity index (χ2n) is 8.02. The molecule has 2 aromatic carbocycles. The van der Waals surface area contributed by atoms with Crippen molar-refractivity contribution in [2.45, 2.75) is 6.04 Å². The summed E-state index contributed by atoms with van der Waals surface area (Å²) in [6, 6.07) is 19.1. The molecule has 1 amide bonds. The van der Waals surface area contributed by atoms with Crippen molar-refractivity contribution in [1.82, 2.24) is 10.2 Å². The van der Waals surface area contributed by atoms with Crippen LogP contribution < -0.4 is 24.4 Å². The molecule has 34 heavy (non-hydrogen) atoms. The maximum atomic E-state index is 12.5. The second-order valence-corrected chi connectivity index (χ2v) is 8.02. The topological polar surface area (TPSA) is 76.4 Å². The molecule has 8 nitrogen and oxygen atoms in total. The lowest BCUT2D eigenvalue weighted by molar-refractivity contribution is -0.123. The van der Waals surface area contributed by atoms with Gasteiger partial charge in [0.15, 0.2) is 6.61 Å². The van der Waals surface area contributed by atoms with Crippen LogP contribution in [-0.4, -0.2) is 64.4 Å². The van der Waals surface area contributed by atoms with Crippen molar-refractivity contribution in [2.24, 2.45) is 0 Å². The number of benzene rings is 2. The lowest BCUT2D eigenvalue weighted by Crippen LogP contribution is -2.50. The summed E-state index contributed by atoms with van der Waals surface area (Å²) in [5, 5.41) is 3.00. The highest BCUT2D eigenvalue weighted by atomic mass is 16.5. The van der Waals surface area contributed by atoms with E-state index in [1.54, 1.807) is 32.6 Å². The Balaban J connectivity index is 1.31. The van der Waals surface area contributed by atoms with Gasteiger partial charge in [0.2, 0.25) is 0 Å². The van der Waals surface area contributed by atoms with E-state index in [1.165, 1.54) is 5.69 Å². The highest BCUT2D eigenvalue weighted by molar-refractivity contribution is 5.77. The molecule has 1 aromatic heterocycles. The van der Waals surface area contributed by atoms with Gasteiger partial charge in [0.25, 0.3) is 5.91 Å². The van der Waals surface area contributed by atoms with Gasteiger partial charge < -0.3 is 28.8 Å². The first-order valence-electron chi connectivity index (χ1n) is 11.4. The number of hydrogen-bond acceptors (Lipinski definition) is 7. The molecule has 180 valence electrons. The van der Waals surface area contributed by atoms with Crippen LogP contribution in [0.15, 0.2) is 71.3 Å². The smallest absolute Gasteiger partial charge is 0.258 e. The molecule has 1 aliphatic rings. The van der Waals surface area contributed by atoms with E-state index < -0.39 is 0 Å². The summed E-state index contributed by atoms with van der Waals surface area (Å²) in [4.78, 5) is 17.2. The lowest BCUT2D eigenvalue weighted by Gasteiger charge is -2.39. The molecule has 1 saturated heterocycles. The van der Waals surface area contributed by atoms with E-state index in [-0.39, 0.29) is 18.6 Å². The fraction of sp³-hybridized carbons (Fsp3) is 0.346. The van der Waals surface area contributed by atoms with Crippen LogP contribution >= 0.6 is 0 Å². The zero-order valence-electron chi connectivity index (χ0n) is 19.6. The van der Waals surface area contributed by atoms with Gasteiger partial charge in [0.05, 0.1) is 26.5 Å². The minimum Gasteiger partial charge on any atom is -0.497 e. The van der Waals surface area contributed by atoms with Crippen LogP contribution in [0.1, 0.15) is 11.8 Å². The first-order chi connectivity index (χ1) is 16.7. The van der Waals surface area contributed by atoms with Gasteiger partial charge in [0, 0.05) is 44.5 Å². The van der Waals surface area contributed by atoms with E-state index in [2.05, 4.69) is 27.2 Å². The van der Waals surface area contributed by atoms with Gasteiger partial charge in [-0.3, -0.25) is 9.69 Å². The third-order valence-corrected chi connectivity index (χ3v) is 5.97. The molecule has 8 heteroatoms. The predicted molar refractivity (Wildman–Crippen MR) is 130 cm³/mol. The summed E-state index contributed by atoms with van der Waals surface area (Å²) in [6.45, 7) is 3.85. The monoisotopic (exact) mass is 465 g/mol. The first kappa shape index (κ1) is 23.5. The van der Waals surface area contributed by atoms with Crippen molar-refractivity contribution in [1.29, 1.82) is 0 Å². The van der Waals surface area contributed by atoms with Crippen LogP contribution in [0.25, 0.3) is 0 Å². The van der Waals surface area contributed by atoms with Crippen molar-refractivity contribution < 1.29 is 23.4 Å². The Morgan fingerprint density at radius 2 is 1.68 bits per heavy atom. The molecule has 0 aliphatic carbocycles. The number of furan rings is 1. The summed E-state index contributed by atoms with van der Waals surface area (Å²) in [7, 11) is 3.27. The Bertz CT molecular complexity index is 1030. The van der Waals surface area contributed by atoms with Crippen molar-refractivity contribution in [3.05, 3.63) is 72.7 Å². The Morgan fingerprint density at radius 3 is 2.35 bits per heavy atom. The Hall–Kier alpha value is -3.65. The van der Waals surface area contributed by atoms with Crippen molar-refractivity contribution in [3.63, 3.8) is 0 Å². The molecule has 1 fully saturated rings. The summed E-state index contributed by atoms with van der Waals surface area (Å²) in [6.07, 6.45) is 1.67. The van der Waals surface area contributed by atoms with E-state index in [0.29, 0.717) is 18.0 Å². The van der Waals surface area contributed by atoms with Gasteiger partial charge in [-0.05, 0) is 48.5 Å². The van der Waals surface area contributed by atoms with Gasteiger partial charge in [-0.15, -0.1) is 0 Å². The van der Waals surface area contributed by atoms with E-state index in [0.717, 1.165) is 37.7 Å². The van der Waals surface area contributed by atoms with E-state index in [1.807, 2.05) is 36.4 Å². The maximum Gasteiger partial charge on any atom is 0.258 e. The number of ether oxygens (including phenoxy) is 3. The Kier molecular flexibility index (Phi) is 7.93. The van der Waals surface area contributed by atoms with Gasteiger partial charge in [-0.2, -0.15) is 0 Å². The van der Waals surface area contributed by atoms with Crippen molar-refractivity contribution in [3.8, 4) is 17.2 Å². The Labute approximate surface area is 200 Å². The number of piperazine rings is 1. The molecule has 1 atom stereocenters. The molecule has 1 N–H and O–H groups in total. The maximum absolute atomic E-state index is 12.5. The number of amides is 1. The highest BCUT2D eigenvalue weighted by Gasteiger charge is 2.27. The number of hydrogen-bond donors (Lipinski definition) is 1. The van der Waals surface area contributed by atoms with Crippen LogP contribution in [0.3, 0.4) is 0 Å². The Morgan fingerprint density at radius 1 is 0.941 bits per heavy atom. The fourth-order valence-electron chi connectivity index (χ4n) is 4.08. The summed E-state index contributed by atoms with van der Waals surface area (Å²) in [5.41, 5.74) is 1.18. The SMILES string of the molecule is COc1ccc(N2CCN(C(CNC(=O)COc3cccc(OC)c3)c3ccco3)CC2)cc1. The van der Waals surface area contributed by atoms with E-state index in [4.69, 9.17) is 18.6 Å². The summed E-state index contributed by atoms with van der Waals surface area (Å²) < 4.78 is 21.8. The highest BCUT2D eigenvalue weighted by Crippen LogP contribution is 2.25. The molecule has 0 radical (unpaired) electrons. The number of carbonyl (C=O) groups is 1. The number of rotatable bonds is 10. The molecule has 1 aliphatic heterocycles. The standard InChI is InChI=1S/C26H31N3O5/c1-31-21-10-8-20(9-11-21)28-12-14-29(15-13-28)24(25-7-4-16-33-25)18-27-26(30)19-34-23-6-3-5-22(17-23)32-2/h3-11,16-17,24H,12-15,18-19H2,1-2H3,(H,27,30). The van der Waals surface area contributed by atoms with Crippen LogP contribution in [0.5, 0.6) is 17.2 Å². The quantitative estimate of drug-likeness (QED) is 0.492. The normalized spacial score (nSPS) is 14.9. The van der Waals surface area contributed by atoms with Crippen LogP contribution in [-0.2, 0) is 4.79 Å². The van der Waals surface area contributed by atoms with Gasteiger partial charge in [-0.25, -0.2) is 0 Å². The number of nitrogens with one attached hydrogen (secondary N) is 1. The van der Waals surface area contributed by atoms with Gasteiger partial charge >= 0.3 is 0 Å². The average Bonchev–Trinajstić information content (AvgIpc) is 3.43. The van der Waals surface area contributed by atoms with Gasteiger partial charge in [-0.1, -0.05) is 6.07 Å². The van der Waals surface area contributed by atoms with Crippen LogP contribution in [0.4, 0.5) is 5.69 Å². The second kappa shape index (κ2) is 11.5.